The van der Waals surface area contributed by atoms with Crippen molar-refractivity contribution in [2.75, 3.05) is 13.7 Å². The monoisotopic (exact) mass is 345 g/mol. The number of pyridine rings is 1. The molecule has 0 unspecified atom stereocenters. The molecule has 1 aromatic carbocycles. The van der Waals surface area contributed by atoms with Crippen molar-refractivity contribution in [1.82, 2.24) is 4.57 Å². The highest BCUT2D eigenvalue weighted by atomic mass is 16.5. The first-order valence-corrected chi connectivity index (χ1v) is 8.93. The molecule has 0 aliphatic carbocycles. The molecule has 5 nitrogen and oxygen atoms in total. The number of methoxy groups -OCH3 is 1. The van der Waals surface area contributed by atoms with Crippen molar-refractivity contribution in [2.45, 2.75) is 53.0 Å². The zero-order valence-electron chi connectivity index (χ0n) is 15.6. The molecule has 0 spiro atoms. The van der Waals surface area contributed by atoms with Gasteiger partial charge in [-0.05, 0) is 32.4 Å². The molecule has 1 aromatic heterocycles. The highest BCUT2D eigenvalue weighted by Crippen LogP contribution is 2.29. The third-order valence-corrected chi connectivity index (χ3v) is 4.29. The van der Waals surface area contributed by atoms with Crippen LogP contribution in [-0.4, -0.2) is 24.3 Å². The van der Waals surface area contributed by atoms with Gasteiger partial charge in [0.1, 0.15) is 5.75 Å². The summed E-state index contributed by atoms with van der Waals surface area (Å²) in [6, 6.07) is 5.83. The van der Waals surface area contributed by atoms with Gasteiger partial charge in [0.05, 0.1) is 19.2 Å². The Hall–Kier alpha value is -2.30. The third kappa shape index (κ3) is 4.03. The number of unbranched alkanes of at least 4 members (excludes halogenated alkanes) is 3. The lowest BCUT2D eigenvalue weighted by Crippen LogP contribution is -2.29. The van der Waals surface area contributed by atoms with Gasteiger partial charge < -0.3 is 14.0 Å². The fraction of sp³-hybridized carbons (Fsp3) is 0.500. The van der Waals surface area contributed by atoms with Crippen LogP contribution in [0.1, 0.15) is 55.5 Å². The predicted molar refractivity (Wildman–Crippen MR) is 99.6 cm³/mol. The van der Waals surface area contributed by atoms with E-state index in [1.54, 1.807) is 11.5 Å². The SMILES string of the molecule is CCCCCCn1c(=O)c(C(=O)OCC)c(OC)c2cc(C)ccc21. The molecule has 2 aromatic rings. The molecule has 0 bridgehead atoms. The Morgan fingerprint density at radius 3 is 2.56 bits per heavy atom. The van der Waals surface area contributed by atoms with Crippen LogP contribution in [0.4, 0.5) is 0 Å². The number of nitrogens with zero attached hydrogens (tertiary/aromatic N) is 1. The number of hydrogen-bond donors (Lipinski definition) is 0. The lowest BCUT2D eigenvalue weighted by atomic mass is 10.1. The molecule has 0 fully saturated rings. The van der Waals surface area contributed by atoms with Crippen molar-refractivity contribution in [1.29, 1.82) is 0 Å². The lowest BCUT2D eigenvalue weighted by molar-refractivity contribution is 0.0520. The van der Waals surface area contributed by atoms with Crippen LogP contribution in [0.25, 0.3) is 10.9 Å². The first kappa shape index (κ1) is 19.0. The van der Waals surface area contributed by atoms with E-state index < -0.39 is 5.97 Å². The Morgan fingerprint density at radius 2 is 1.92 bits per heavy atom. The average Bonchev–Trinajstić information content (AvgIpc) is 2.59. The lowest BCUT2D eigenvalue weighted by Gasteiger charge is -2.17. The minimum Gasteiger partial charge on any atom is -0.495 e. The van der Waals surface area contributed by atoms with Crippen LogP contribution < -0.4 is 10.3 Å². The fourth-order valence-corrected chi connectivity index (χ4v) is 3.06. The van der Waals surface area contributed by atoms with Gasteiger partial charge in [-0.25, -0.2) is 4.79 Å². The molecule has 0 saturated carbocycles. The number of benzene rings is 1. The summed E-state index contributed by atoms with van der Waals surface area (Å²) in [6.45, 7) is 6.63. The molecule has 1 heterocycles. The van der Waals surface area contributed by atoms with Crippen molar-refractivity contribution in [3.8, 4) is 5.75 Å². The van der Waals surface area contributed by atoms with Gasteiger partial charge in [-0.1, -0.05) is 37.8 Å². The predicted octanol–water partition coefficient (Wildman–Crippen LogP) is 4.08. The van der Waals surface area contributed by atoms with Crippen molar-refractivity contribution >= 4 is 16.9 Å². The van der Waals surface area contributed by atoms with Crippen molar-refractivity contribution in [3.05, 3.63) is 39.7 Å². The van der Waals surface area contributed by atoms with Crippen molar-refractivity contribution in [2.24, 2.45) is 0 Å². The largest absolute Gasteiger partial charge is 0.495 e. The van der Waals surface area contributed by atoms with Crippen molar-refractivity contribution in [3.63, 3.8) is 0 Å². The maximum Gasteiger partial charge on any atom is 0.347 e. The van der Waals surface area contributed by atoms with Gasteiger partial charge in [0, 0.05) is 11.9 Å². The number of carbonyl (C=O) groups is 1. The fourth-order valence-electron chi connectivity index (χ4n) is 3.06. The molecule has 5 heteroatoms. The van der Waals surface area contributed by atoms with E-state index in [1.165, 1.54) is 7.11 Å². The Labute approximate surface area is 148 Å². The van der Waals surface area contributed by atoms with E-state index in [4.69, 9.17) is 9.47 Å². The Morgan fingerprint density at radius 1 is 1.16 bits per heavy atom. The number of aromatic nitrogens is 1. The molecule has 0 N–H and O–H groups in total. The summed E-state index contributed by atoms with van der Waals surface area (Å²) < 4.78 is 12.2. The molecule has 0 atom stereocenters. The van der Waals surface area contributed by atoms with E-state index in [-0.39, 0.29) is 17.7 Å². The van der Waals surface area contributed by atoms with Crippen LogP contribution >= 0.6 is 0 Å². The summed E-state index contributed by atoms with van der Waals surface area (Å²) in [5, 5.41) is 0.764. The molecular formula is C20H27NO4. The number of hydrogen-bond acceptors (Lipinski definition) is 4. The van der Waals surface area contributed by atoms with Gasteiger partial charge in [0.15, 0.2) is 5.56 Å². The first-order valence-electron chi connectivity index (χ1n) is 8.93. The normalized spacial score (nSPS) is 10.9. The molecule has 0 radical (unpaired) electrons. The molecular weight excluding hydrogens is 318 g/mol. The second-order valence-corrected chi connectivity index (χ2v) is 6.17. The number of fused-ring (bicyclic) bond motifs is 1. The first-order chi connectivity index (χ1) is 12.0. The number of aryl methyl sites for hydroxylation is 2. The summed E-state index contributed by atoms with van der Waals surface area (Å²) in [5.74, 6) is -0.331. The van der Waals surface area contributed by atoms with E-state index >= 15 is 0 Å². The van der Waals surface area contributed by atoms with E-state index in [1.807, 2.05) is 25.1 Å². The van der Waals surface area contributed by atoms with Crippen LogP contribution in [0.5, 0.6) is 5.75 Å². The van der Waals surface area contributed by atoms with Gasteiger partial charge in [-0.2, -0.15) is 0 Å². The van der Waals surface area contributed by atoms with Crippen LogP contribution in [-0.2, 0) is 11.3 Å². The molecule has 0 aliphatic heterocycles. The molecule has 2 rings (SSSR count). The number of rotatable bonds is 8. The van der Waals surface area contributed by atoms with Crippen molar-refractivity contribution < 1.29 is 14.3 Å². The minimum atomic E-state index is -0.630. The Balaban J connectivity index is 2.66. The Bertz CT molecular complexity index is 807. The molecule has 25 heavy (non-hydrogen) atoms. The summed E-state index contributed by atoms with van der Waals surface area (Å²) in [7, 11) is 1.48. The second-order valence-electron chi connectivity index (χ2n) is 6.17. The summed E-state index contributed by atoms with van der Waals surface area (Å²) in [5.41, 5.74) is 1.47. The van der Waals surface area contributed by atoms with Gasteiger partial charge in [0.2, 0.25) is 0 Å². The Kier molecular flexibility index (Phi) is 6.62. The van der Waals surface area contributed by atoms with Crippen LogP contribution in [0, 0.1) is 6.92 Å². The summed E-state index contributed by atoms with van der Waals surface area (Å²) in [6.07, 6.45) is 4.21. The van der Waals surface area contributed by atoms with Gasteiger partial charge in [-0.3, -0.25) is 4.79 Å². The zero-order chi connectivity index (χ0) is 18.4. The molecule has 0 aliphatic rings. The van der Waals surface area contributed by atoms with Gasteiger partial charge in [-0.15, -0.1) is 0 Å². The summed E-state index contributed by atoms with van der Waals surface area (Å²) >= 11 is 0. The van der Waals surface area contributed by atoms with E-state index in [0.717, 1.165) is 42.1 Å². The maximum atomic E-state index is 13.0. The van der Waals surface area contributed by atoms with Crippen LogP contribution in [0.2, 0.25) is 0 Å². The molecule has 136 valence electrons. The topological polar surface area (TPSA) is 57.5 Å². The van der Waals surface area contributed by atoms with Gasteiger partial charge >= 0.3 is 5.97 Å². The molecule has 0 amide bonds. The summed E-state index contributed by atoms with van der Waals surface area (Å²) in [4.78, 5) is 25.4. The number of carbonyl (C=O) groups excluding carboxylic acids is 1. The highest BCUT2D eigenvalue weighted by Gasteiger charge is 2.24. The maximum absolute atomic E-state index is 13.0. The van der Waals surface area contributed by atoms with E-state index in [9.17, 15) is 9.59 Å². The minimum absolute atomic E-state index is 0.0158. The highest BCUT2D eigenvalue weighted by molar-refractivity contribution is 6.00. The van der Waals surface area contributed by atoms with E-state index in [2.05, 4.69) is 6.92 Å². The zero-order valence-corrected chi connectivity index (χ0v) is 15.6. The van der Waals surface area contributed by atoms with Gasteiger partial charge in [0.25, 0.3) is 5.56 Å². The quantitative estimate of drug-likeness (QED) is 0.534. The second kappa shape index (κ2) is 8.70. The average molecular weight is 345 g/mol. The van der Waals surface area contributed by atoms with E-state index in [0.29, 0.717) is 12.3 Å². The third-order valence-electron chi connectivity index (χ3n) is 4.29. The number of esters is 1. The van der Waals surface area contributed by atoms with Crippen LogP contribution in [0.3, 0.4) is 0 Å². The molecule has 0 saturated heterocycles. The number of ether oxygens (including phenoxy) is 2. The smallest absolute Gasteiger partial charge is 0.347 e. The standard InChI is InChI=1S/C20H27NO4/c1-5-7-8-9-12-21-16-11-10-14(3)13-15(16)18(24-4)17(19(21)22)20(23)25-6-2/h10-11,13H,5-9,12H2,1-4H3. The van der Waals surface area contributed by atoms with Crippen LogP contribution in [0.15, 0.2) is 23.0 Å².